The Morgan fingerprint density at radius 2 is 1.83 bits per heavy atom. The van der Waals surface area contributed by atoms with E-state index in [2.05, 4.69) is 9.97 Å². The van der Waals surface area contributed by atoms with Gasteiger partial charge >= 0.3 is 0 Å². The van der Waals surface area contributed by atoms with Crippen molar-refractivity contribution in [1.82, 2.24) is 9.97 Å². The summed E-state index contributed by atoms with van der Waals surface area (Å²) in [5.41, 5.74) is 0. The Labute approximate surface area is 71.1 Å². The van der Waals surface area contributed by atoms with Gasteiger partial charge in [0, 0.05) is 19.4 Å². The second kappa shape index (κ2) is 3.06. The molecule has 0 N–H and O–H groups in total. The molecule has 1 heterocycles. The van der Waals surface area contributed by atoms with Gasteiger partial charge in [-0.3, -0.25) is 0 Å². The first-order chi connectivity index (χ1) is 5.52. The Morgan fingerprint density at radius 1 is 1.33 bits per heavy atom. The molecule has 0 bridgehead atoms. The Hall–Kier alpha value is -1.17. The zero-order valence-corrected chi connectivity index (χ0v) is 7.61. The van der Waals surface area contributed by atoms with Gasteiger partial charge in [-0.2, -0.15) is 0 Å². The summed E-state index contributed by atoms with van der Waals surface area (Å²) in [6, 6.07) is 1.62. The van der Waals surface area contributed by atoms with E-state index in [4.69, 9.17) is 0 Å². The molecule has 0 unspecified atom stereocenters. The first kappa shape index (κ1) is 8.92. The standard InChI is InChI=1S/C6H9N3O2S/c1-9(12(2,10)11)6-7-4-3-5-8-6/h3-5H,1-2H3. The van der Waals surface area contributed by atoms with E-state index in [1.807, 2.05) is 0 Å². The third-order valence-corrected chi connectivity index (χ3v) is 2.49. The molecule has 1 aromatic heterocycles. The summed E-state index contributed by atoms with van der Waals surface area (Å²) in [6.07, 6.45) is 4.08. The lowest BCUT2D eigenvalue weighted by Crippen LogP contribution is -2.26. The highest BCUT2D eigenvalue weighted by Gasteiger charge is 2.12. The van der Waals surface area contributed by atoms with Crippen LogP contribution < -0.4 is 4.31 Å². The van der Waals surface area contributed by atoms with Crippen LogP contribution in [-0.4, -0.2) is 31.7 Å². The predicted octanol–water partition coefficient (Wildman–Crippen LogP) is -0.128. The molecule has 0 aliphatic carbocycles. The molecule has 0 spiro atoms. The van der Waals surface area contributed by atoms with Crippen LogP contribution >= 0.6 is 0 Å². The molecule has 0 aromatic carbocycles. The van der Waals surface area contributed by atoms with E-state index in [1.165, 1.54) is 19.4 Å². The molecular weight excluding hydrogens is 178 g/mol. The van der Waals surface area contributed by atoms with Crippen LogP contribution in [-0.2, 0) is 10.0 Å². The molecule has 5 nitrogen and oxygen atoms in total. The second-order valence-corrected chi connectivity index (χ2v) is 4.29. The van der Waals surface area contributed by atoms with Gasteiger partial charge in [-0.05, 0) is 6.07 Å². The largest absolute Gasteiger partial charge is 0.241 e. The fourth-order valence-electron chi connectivity index (χ4n) is 0.602. The Bertz CT molecular complexity index is 348. The summed E-state index contributed by atoms with van der Waals surface area (Å²) in [4.78, 5) is 7.56. The smallest absolute Gasteiger partial charge is 0.238 e. The van der Waals surface area contributed by atoms with Crippen LogP contribution in [0.15, 0.2) is 18.5 Å². The highest BCUT2D eigenvalue weighted by Crippen LogP contribution is 2.05. The van der Waals surface area contributed by atoms with Gasteiger partial charge in [-0.15, -0.1) is 0 Å². The van der Waals surface area contributed by atoms with Crippen LogP contribution in [0, 0.1) is 0 Å². The van der Waals surface area contributed by atoms with Gasteiger partial charge in [0.05, 0.1) is 6.26 Å². The number of nitrogens with zero attached hydrogens (tertiary/aromatic N) is 3. The topological polar surface area (TPSA) is 63.2 Å². The first-order valence-corrected chi connectivity index (χ1v) is 5.07. The monoisotopic (exact) mass is 187 g/mol. The van der Waals surface area contributed by atoms with Crippen molar-refractivity contribution in [3.8, 4) is 0 Å². The summed E-state index contributed by atoms with van der Waals surface area (Å²) in [7, 11) is -1.84. The Balaban J connectivity index is 3.02. The SMILES string of the molecule is CN(c1ncccn1)S(C)(=O)=O. The van der Waals surface area contributed by atoms with Gasteiger partial charge in [-0.1, -0.05) is 0 Å². The van der Waals surface area contributed by atoms with E-state index < -0.39 is 10.0 Å². The summed E-state index contributed by atoms with van der Waals surface area (Å²) in [6.45, 7) is 0. The van der Waals surface area contributed by atoms with E-state index >= 15 is 0 Å². The van der Waals surface area contributed by atoms with Crippen molar-refractivity contribution in [2.75, 3.05) is 17.6 Å². The molecule has 6 heteroatoms. The van der Waals surface area contributed by atoms with Gasteiger partial charge in [0.2, 0.25) is 16.0 Å². The molecule has 0 atom stereocenters. The van der Waals surface area contributed by atoms with E-state index in [0.717, 1.165) is 10.6 Å². The predicted molar refractivity (Wildman–Crippen MR) is 45.3 cm³/mol. The third-order valence-electron chi connectivity index (χ3n) is 1.33. The second-order valence-electron chi connectivity index (χ2n) is 2.28. The summed E-state index contributed by atoms with van der Waals surface area (Å²) in [5, 5.41) is 0. The number of anilines is 1. The van der Waals surface area contributed by atoms with Gasteiger partial charge in [0.1, 0.15) is 0 Å². The molecule has 66 valence electrons. The fourth-order valence-corrected chi connectivity index (χ4v) is 0.993. The van der Waals surface area contributed by atoms with E-state index in [9.17, 15) is 8.42 Å². The van der Waals surface area contributed by atoms with Crippen LogP contribution in [0.3, 0.4) is 0 Å². The molecule has 0 radical (unpaired) electrons. The molecule has 0 aliphatic heterocycles. The number of aromatic nitrogens is 2. The minimum atomic E-state index is -3.25. The van der Waals surface area contributed by atoms with Crippen molar-refractivity contribution >= 4 is 16.0 Å². The van der Waals surface area contributed by atoms with Crippen molar-refractivity contribution < 1.29 is 8.42 Å². The minimum Gasteiger partial charge on any atom is -0.241 e. The van der Waals surface area contributed by atoms with Gasteiger partial charge in [0.25, 0.3) is 0 Å². The third kappa shape index (κ3) is 1.91. The fraction of sp³-hybridized carbons (Fsp3) is 0.333. The van der Waals surface area contributed by atoms with Crippen LogP contribution in [0.25, 0.3) is 0 Å². The lowest BCUT2D eigenvalue weighted by atomic mass is 10.7. The van der Waals surface area contributed by atoms with E-state index in [0.29, 0.717) is 0 Å². The highest BCUT2D eigenvalue weighted by molar-refractivity contribution is 7.92. The molecule has 1 aromatic rings. The van der Waals surface area contributed by atoms with Gasteiger partial charge < -0.3 is 0 Å². The van der Waals surface area contributed by atoms with Crippen molar-refractivity contribution in [2.24, 2.45) is 0 Å². The average Bonchev–Trinajstić information content (AvgIpc) is 2.03. The molecular formula is C6H9N3O2S. The molecule has 0 saturated carbocycles. The van der Waals surface area contributed by atoms with Crippen molar-refractivity contribution in [1.29, 1.82) is 0 Å². The summed E-state index contributed by atoms with van der Waals surface area (Å²) >= 11 is 0. The molecule has 0 saturated heterocycles. The molecule has 0 amide bonds. The summed E-state index contributed by atoms with van der Waals surface area (Å²) < 4.78 is 23.0. The maximum absolute atomic E-state index is 11.0. The maximum Gasteiger partial charge on any atom is 0.238 e. The number of rotatable bonds is 2. The lowest BCUT2D eigenvalue weighted by molar-refractivity contribution is 0.599. The Kier molecular flexibility index (Phi) is 2.27. The number of hydrogen-bond acceptors (Lipinski definition) is 4. The molecule has 12 heavy (non-hydrogen) atoms. The zero-order chi connectivity index (χ0) is 9.19. The van der Waals surface area contributed by atoms with Crippen LogP contribution in [0.4, 0.5) is 5.95 Å². The maximum atomic E-state index is 11.0. The first-order valence-electron chi connectivity index (χ1n) is 3.23. The highest BCUT2D eigenvalue weighted by atomic mass is 32.2. The van der Waals surface area contributed by atoms with Crippen molar-refractivity contribution in [3.63, 3.8) is 0 Å². The van der Waals surface area contributed by atoms with Gasteiger partial charge in [-0.25, -0.2) is 22.7 Å². The quantitative estimate of drug-likeness (QED) is 0.647. The van der Waals surface area contributed by atoms with Crippen molar-refractivity contribution in [2.45, 2.75) is 0 Å². The van der Waals surface area contributed by atoms with Gasteiger partial charge in [0.15, 0.2) is 0 Å². The zero-order valence-electron chi connectivity index (χ0n) is 6.80. The number of sulfonamides is 1. The Morgan fingerprint density at radius 3 is 2.25 bits per heavy atom. The normalized spacial score (nSPS) is 11.2. The number of hydrogen-bond donors (Lipinski definition) is 0. The molecule has 0 fully saturated rings. The molecule has 0 aliphatic rings. The molecule has 1 rings (SSSR count). The van der Waals surface area contributed by atoms with Crippen LogP contribution in [0.5, 0.6) is 0 Å². The summed E-state index contributed by atoms with van der Waals surface area (Å²) in [5.74, 6) is 0.181. The van der Waals surface area contributed by atoms with Crippen LogP contribution in [0.1, 0.15) is 0 Å². The van der Waals surface area contributed by atoms with E-state index in [-0.39, 0.29) is 5.95 Å². The minimum absolute atomic E-state index is 0.181. The van der Waals surface area contributed by atoms with Crippen molar-refractivity contribution in [3.05, 3.63) is 18.5 Å². The lowest BCUT2D eigenvalue weighted by Gasteiger charge is -2.12. The van der Waals surface area contributed by atoms with Crippen LogP contribution in [0.2, 0.25) is 0 Å². The van der Waals surface area contributed by atoms with E-state index in [1.54, 1.807) is 6.07 Å². The average molecular weight is 187 g/mol.